The second-order valence-electron chi connectivity index (χ2n) is 4.98. The van der Waals surface area contributed by atoms with Gasteiger partial charge < -0.3 is 20.1 Å². The maximum Gasteiger partial charge on any atom is 0.407 e. The van der Waals surface area contributed by atoms with E-state index in [0.29, 0.717) is 10.7 Å². The third-order valence-electron chi connectivity index (χ3n) is 3.01. The van der Waals surface area contributed by atoms with E-state index < -0.39 is 12.1 Å². The highest BCUT2D eigenvalue weighted by Crippen LogP contribution is 2.07. The number of rotatable bonds is 7. The van der Waals surface area contributed by atoms with Crippen molar-refractivity contribution >= 4 is 29.3 Å². The monoisotopic (exact) mass is 358 g/mol. The van der Waals surface area contributed by atoms with E-state index in [4.69, 9.17) is 21.7 Å². The van der Waals surface area contributed by atoms with E-state index in [1.165, 1.54) is 0 Å². The number of benzene rings is 2. The highest BCUT2D eigenvalue weighted by Gasteiger charge is 2.07. The van der Waals surface area contributed by atoms with Crippen molar-refractivity contribution in [2.45, 2.75) is 6.61 Å². The third kappa shape index (κ3) is 7.45. The van der Waals surface area contributed by atoms with Gasteiger partial charge in [0.15, 0.2) is 0 Å². The van der Waals surface area contributed by atoms with Gasteiger partial charge in [0, 0.05) is 0 Å². The van der Waals surface area contributed by atoms with Crippen molar-refractivity contribution in [3.05, 3.63) is 66.2 Å². The van der Waals surface area contributed by atoms with Gasteiger partial charge in [0.2, 0.25) is 0 Å². The normalized spacial score (nSPS) is 9.76. The lowest BCUT2D eigenvalue weighted by Gasteiger charge is -2.10. The van der Waals surface area contributed by atoms with Crippen LogP contribution in [0.25, 0.3) is 0 Å². The second kappa shape index (κ2) is 10.0. The van der Waals surface area contributed by atoms with Gasteiger partial charge in [-0.15, -0.1) is 0 Å². The van der Waals surface area contributed by atoms with Crippen LogP contribution in [-0.2, 0) is 16.1 Å². The molecule has 0 bridgehead atoms. The molecule has 0 atom stereocenters. The van der Waals surface area contributed by atoms with Crippen LogP contribution in [0.5, 0.6) is 5.75 Å². The van der Waals surface area contributed by atoms with Crippen molar-refractivity contribution in [3.8, 4) is 5.75 Å². The summed E-state index contributed by atoms with van der Waals surface area (Å²) in [5.41, 5.74) is 0.891. The Balaban J connectivity index is 1.60. The van der Waals surface area contributed by atoms with Crippen LogP contribution in [0.2, 0.25) is 0 Å². The lowest BCUT2D eigenvalue weighted by molar-refractivity contribution is -0.133. The van der Waals surface area contributed by atoms with Gasteiger partial charge in [-0.1, -0.05) is 60.7 Å². The molecule has 25 heavy (non-hydrogen) atoms. The number of nitrogens with one attached hydrogen (secondary N) is 2. The van der Waals surface area contributed by atoms with E-state index in [1.807, 2.05) is 36.4 Å². The third-order valence-corrected chi connectivity index (χ3v) is 3.30. The van der Waals surface area contributed by atoms with Gasteiger partial charge >= 0.3 is 12.1 Å². The number of para-hydroxylation sites is 1. The molecule has 0 heterocycles. The zero-order valence-corrected chi connectivity index (χ0v) is 14.3. The van der Waals surface area contributed by atoms with Crippen molar-refractivity contribution in [1.82, 2.24) is 10.6 Å². The molecule has 0 unspecified atom stereocenters. The summed E-state index contributed by atoms with van der Waals surface area (Å²) in [6.45, 7) is 0.159. The Kier molecular flexibility index (Phi) is 7.40. The van der Waals surface area contributed by atoms with E-state index in [0.717, 1.165) is 5.56 Å². The first kappa shape index (κ1) is 18.4. The van der Waals surface area contributed by atoms with Crippen molar-refractivity contribution in [1.29, 1.82) is 0 Å². The molecule has 0 aliphatic rings. The molecule has 0 fully saturated rings. The average Bonchev–Trinajstić information content (AvgIpc) is 2.64. The fourth-order valence-electron chi connectivity index (χ4n) is 1.82. The molecule has 2 aromatic carbocycles. The highest BCUT2D eigenvalue weighted by molar-refractivity contribution is 7.80. The van der Waals surface area contributed by atoms with Crippen LogP contribution in [-0.4, -0.2) is 30.1 Å². The summed E-state index contributed by atoms with van der Waals surface area (Å²) in [4.78, 5) is 23.6. The Labute approximate surface area is 151 Å². The van der Waals surface area contributed by atoms with Crippen LogP contribution in [0.15, 0.2) is 60.7 Å². The number of esters is 1. The molecular weight excluding hydrogens is 340 g/mol. The minimum Gasteiger partial charge on any atom is -0.445 e. The standard InChI is InChI=1S/C18H18N2O4S/c21-17(24-15-9-5-2-6-10-15)12-19-16(25)11-20-18(22)23-13-14-7-3-1-4-8-14/h1-10H,11-13H2,(H,19,25)(H,20,22). The molecule has 7 heteroatoms. The minimum absolute atomic E-state index is 0.0710. The second-order valence-corrected chi connectivity index (χ2v) is 5.47. The summed E-state index contributed by atoms with van der Waals surface area (Å²) in [5.74, 6) is -0.0111. The molecular formula is C18H18N2O4S. The summed E-state index contributed by atoms with van der Waals surface area (Å²) in [6.07, 6.45) is -0.583. The largest absolute Gasteiger partial charge is 0.445 e. The summed E-state index contributed by atoms with van der Waals surface area (Å²) < 4.78 is 10.2. The predicted octanol–water partition coefficient (Wildman–Crippen LogP) is 2.44. The van der Waals surface area contributed by atoms with Gasteiger partial charge in [0.1, 0.15) is 18.9 Å². The van der Waals surface area contributed by atoms with Crippen LogP contribution in [0.4, 0.5) is 4.79 Å². The molecule has 2 rings (SSSR count). The van der Waals surface area contributed by atoms with Crippen molar-refractivity contribution < 1.29 is 19.1 Å². The molecule has 2 aromatic rings. The maximum absolute atomic E-state index is 11.7. The number of ether oxygens (including phenoxy) is 2. The predicted molar refractivity (Wildman–Crippen MR) is 97.3 cm³/mol. The van der Waals surface area contributed by atoms with E-state index in [1.54, 1.807) is 24.3 Å². The van der Waals surface area contributed by atoms with Crippen molar-refractivity contribution in [3.63, 3.8) is 0 Å². The number of thiocarbonyl (C=S) groups is 1. The van der Waals surface area contributed by atoms with E-state index in [-0.39, 0.29) is 19.7 Å². The highest BCUT2D eigenvalue weighted by atomic mass is 32.1. The van der Waals surface area contributed by atoms with Gasteiger partial charge in [-0.05, 0) is 17.7 Å². The van der Waals surface area contributed by atoms with Crippen LogP contribution < -0.4 is 15.4 Å². The topological polar surface area (TPSA) is 76.7 Å². The Morgan fingerprint density at radius 2 is 1.52 bits per heavy atom. The van der Waals surface area contributed by atoms with Crippen LogP contribution in [0, 0.1) is 0 Å². The molecule has 0 saturated heterocycles. The zero-order valence-electron chi connectivity index (χ0n) is 13.4. The number of amides is 1. The first-order valence-corrected chi connectivity index (χ1v) is 8.01. The Morgan fingerprint density at radius 1 is 0.880 bits per heavy atom. The quantitative estimate of drug-likeness (QED) is 0.450. The maximum atomic E-state index is 11.7. The van der Waals surface area contributed by atoms with E-state index >= 15 is 0 Å². The Bertz CT molecular complexity index is 708. The Hall–Kier alpha value is -2.93. The SMILES string of the molecule is O=C(CNC(=S)CNC(=O)OCc1ccccc1)Oc1ccccc1. The molecule has 0 aliphatic heterocycles. The van der Waals surface area contributed by atoms with Gasteiger partial charge in [-0.25, -0.2) is 9.59 Å². The minimum atomic E-state index is -0.583. The van der Waals surface area contributed by atoms with Gasteiger partial charge in [-0.2, -0.15) is 0 Å². The van der Waals surface area contributed by atoms with E-state index in [9.17, 15) is 9.59 Å². The van der Waals surface area contributed by atoms with Crippen molar-refractivity contribution in [2.24, 2.45) is 0 Å². The molecule has 0 radical (unpaired) electrons. The molecule has 0 spiro atoms. The lowest BCUT2D eigenvalue weighted by Crippen LogP contribution is -2.39. The van der Waals surface area contributed by atoms with Gasteiger partial charge in [0.25, 0.3) is 0 Å². The summed E-state index contributed by atoms with van der Waals surface area (Å²) >= 11 is 5.04. The molecule has 130 valence electrons. The average molecular weight is 358 g/mol. The summed E-state index contributed by atoms with van der Waals surface area (Å²) in [5, 5.41) is 5.23. The fraction of sp³-hybridized carbons (Fsp3) is 0.167. The summed E-state index contributed by atoms with van der Waals surface area (Å²) in [7, 11) is 0. The number of alkyl carbamates (subject to hydrolysis) is 1. The lowest BCUT2D eigenvalue weighted by atomic mass is 10.2. The summed E-state index contributed by atoms with van der Waals surface area (Å²) in [6, 6.07) is 18.1. The number of hydrogen-bond acceptors (Lipinski definition) is 5. The molecule has 0 saturated carbocycles. The first-order valence-electron chi connectivity index (χ1n) is 7.60. The van der Waals surface area contributed by atoms with Gasteiger partial charge in [0.05, 0.1) is 11.5 Å². The number of hydrogen-bond donors (Lipinski definition) is 2. The molecule has 0 aliphatic carbocycles. The molecule has 1 amide bonds. The number of carbonyl (C=O) groups is 2. The van der Waals surface area contributed by atoms with Crippen LogP contribution in [0.1, 0.15) is 5.56 Å². The van der Waals surface area contributed by atoms with Crippen LogP contribution in [0.3, 0.4) is 0 Å². The molecule has 0 aromatic heterocycles. The zero-order chi connectivity index (χ0) is 17.9. The van der Waals surface area contributed by atoms with Crippen LogP contribution >= 0.6 is 12.2 Å². The Morgan fingerprint density at radius 3 is 2.20 bits per heavy atom. The molecule has 6 nitrogen and oxygen atoms in total. The van der Waals surface area contributed by atoms with Crippen molar-refractivity contribution in [2.75, 3.05) is 13.1 Å². The van der Waals surface area contributed by atoms with Gasteiger partial charge in [-0.3, -0.25) is 0 Å². The van der Waals surface area contributed by atoms with E-state index in [2.05, 4.69) is 10.6 Å². The number of carbonyl (C=O) groups excluding carboxylic acids is 2. The first-order chi connectivity index (χ1) is 12.1. The molecule has 2 N–H and O–H groups in total. The fourth-order valence-corrected chi connectivity index (χ4v) is 1.96. The smallest absolute Gasteiger partial charge is 0.407 e.